The molecule has 2 nitrogen and oxygen atoms in total. The van der Waals surface area contributed by atoms with E-state index in [9.17, 15) is 0 Å². The molecular weight excluding hydrogens is 214 g/mol. The minimum Gasteiger partial charge on any atom is -0.416 e. The first kappa shape index (κ1) is 16.1. The molecule has 0 aliphatic rings. The fourth-order valence-electron chi connectivity index (χ4n) is 1.58. The van der Waals surface area contributed by atoms with Crippen molar-refractivity contribution in [3.8, 4) is 0 Å². The monoisotopic (exact) mass is 245 g/mol. The molecule has 0 fully saturated rings. The lowest BCUT2D eigenvalue weighted by Crippen LogP contribution is -2.34. The zero-order chi connectivity index (χ0) is 12.4. The maximum atomic E-state index is 5.92. The quantitative estimate of drug-likeness (QED) is 0.544. The molecule has 0 N–H and O–H groups in total. The highest BCUT2D eigenvalue weighted by atomic mass is 28.4. The van der Waals surface area contributed by atoms with E-state index in [-0.39, 0.29) is 0 Å². The predicted octanol–water partition coefficient (Wildman–Crippen LogP) is 3.74. The highest BCUT2D eigenvalue weighted by Crippen LogP contribution is 2.04. The summed E-state index contributed by atoms with van der Waals surface area (Å²) >= 11 is 0. The molecule has 3 heteroatoms. The topological polar surface area (TPSA) is 12.5 Å². The number of unbranched alkanes of at least 4 members (excludes halogenated alkanes) is 2. The number of hydrogen-bond acceptors (Lipinski definition) is 2. The SMILES string of the molecule is CCCCN(CCCC)CCO[Si](C)(C)C. The highest BCUT2D eigenvalue weighted by Gasteiger charge is 2.14. The van der Waals surface area contributed by atoms with Crippen molar-refractivity contribution in [3.05, 3.63) is 0 Å². The van der Waals surface area contributed by atoms with Gasteiger partial charge in [-0.1, -0.05) is 26.7 Å². The first-order chi connectivity index (χ1) is 7.49. The smallest absolute Gasteiger partial charge is 0.183 e. The van der Waals surface area contributed by atoms with Crippen LogP contribution < -0.4 is 0 Å². The number of hydrogen-bond donors (Lipinski definition) is 0. The molecular formula is C13H31NOSi. The Balaban J connectivity index is 3.72. The standard InChI is InChI=1S/C13H31NOSi/c1-6-8-10-14(11-9-7-2)12-13-15-16(3,4)5/h6-13H2,1-5H3. The van der Waals surface area contributed by atoms with Gasteiger partial charge in [-0.25, -0.2) is 0 Å². The van der Waals surface area contributed by atoms with Gasteiger partial charge in [0.1, 0.15) is 0 Å². The van der Waals surface area contributed by atoms with Crippen LogP contribution in [0.5, 0.6) is 0 Å². The zero-order valence-corrected chi connectivity index (χ0v) is 13.0. The molecule has 0 aromatic carbocycles. The van der Waals surface area contributed by atoms with E-state index in [2.05, 4.69) is 38.4 Å². The fraction of sp³-hybridized carbons (Fsp3) is 1.00. The Labute approximate surface area is 103 Å². The van der Waals surface area contributed by atoms with Crippen molar-refractivity contribution in [2.75, 3.05) is 26.2 Å². The van der Waals surface area contributed by atoms with Crippen molar-refractivity contribution in [2.45, 2.75) is 59.2 Å². The van der Waals surface area contributed by atoms with Gasteiger partial charge in [-0.2, -0.15) is 0 Å². The van der Waals surface area contributed by atoms with Gasteiger partial charge in [0.15, 0.2) is 8.32 Å². The van der Waals surface area contributed by atoms with Crippen molar-refractivity contribution in [1.82, 2.24) is 4.90 Å². The molecule has 0 unspecified atom stereocenters. The molecule has 0 spiro atoms. The molecule has 0 aromatic heterocycles. The van der Waals surface area contributed by atoms with E-state index in [1.54, 1.807) is 0 Å². The Morgan fingerprint density at radius 1 is 0.875 bits per heavy atom. The predicted molar refractivity (Wildman–Crippen MR) is 75.6 cm³/mol. The van der Waals surface area contributed by atoms with Gasteiger partial charge in [0, 0.05) is 13.2 Å². The molecule has 0 aliphatic heterocycles. The van der Waals surface area contributed by atoms with Gasteiger partial charge in [-0.05, 0) is 45.6 Å². The lowest BCUT2D eigenvalue weighted by atomic mass is 10.2. The van der Waals surface area contributed by atoms with Gasteiger partial charge >= 0.3 is 0 Å². The molecule has 0 saturated carbocycles. The van der Waals surface area contributed by atoms with Crippen LogP contribution in [0.2, 0.25) is 19.6 Å². The Morgan fingerprint density at radius 3 is 1.75 bits per heavy atom. The Bertz CT molecular complexity index is 149. The van der Waals surface area contributed by atoms with Crippen LogP contribution in [0.25, 0.3) is 0 Å². The van der Waals surface area contributed by atoms with Gasteiger partial charge in [-0.3, -0.25) is 0 Å². The summed E-state index contributed by atoms with van der Waals surface area (Å²) in [6.45, 7) is 15.8. The Kier molecular flexibility index (Phi) is 9.28. The van der Waals surface area contributed by atoms with Crippen LogP contribution in [0.15, 0.2) is 0 Å². The number of nitrogens with zero attached hydrogens (tertiary/aromatic N) is 1. The van der Waals surface area contributed by atoms with Gasteiger partial charge in [0.25, 0.3) is 0 Å². The molecule has 16 heavy (non-hydrogen) atoms. The summed E-state index contributed by atoms with van der Waals surface area (Å²) in [5, 5.41) is 0. The maximum absolute atomic E-state index is 5.92. The summed E-state index contributed by atoms with van der Waals surface area (Å²) in [6, 6.07) is 0. The van der Waals surface area contributed by atoms with Crippen molar-refractivity contribution < 1.29 is 4.43 Å². The Morgan fingerprint density at radius 2 is 1.38 bits per heavy atom. The largest absolute Gasteiger partial charge is 0.416 e. The highest BCUT2D eigenvalue weighted by molar-refractivity contribution is 6.69. The fourth-order valence-corrected chi connectivity index (χ4v) is 2.28. The normalized spacial score (nSPS) is 12.4. The summed E-state index contributed by atoms with van der Waals surface area (Å²) in [7, 11) is -1.31. The van der Waals surface area contributed by atoms with Crippen molar-refractivity contribution in [3.63, 3.8) is 0 Å². The first-order valence-corrected chi connectivity index (χ1v) is 10.3. The minimum atomic E-state index is -1.31. The van der Waals surface area contributed by atoms with Gasteiger partial charge < -0.3 is 9.33 Å². The Hall–Kier alpha value is 0.137. The second-order valence-electron chi connectivity index (χ2n) is 5.51. The van der Waals surface area contributed by atoms with Crippen molar-refractivity contribution in [1.29, 1.82) is 0 Å². The molecule has 0 amide bonds. The summed E-state index contributed by atoms with van der Waals surface area (Å²) in [5.41, 5.74) is 0. The summed E-state index contributed by atoms with van der Waals surface area (Å²) in [4.78, 5) is 2.56. The summed E-state index contributed by atoms with van der Waals surface area (Å²) in [5.74, 6) is 0. The molecule has 0 radical (unpaired) electrons. The maximum Gasteiger partial charge on any atom is 0.183 e. The van der Waals surface area contributed by atoms with Crippen LogP contribution in [-0.2, 0) is 4.43 Å². The van der Waals surface area contributed by atoms with E-state index in [0.29, 0.717) is 0 Å². The number of rotatable bonds is 10. The molecule has 0 heterocycles. The third kappa shape index (κ3) is 10.6. The lowest BCUT2D eigenvalue weighted by molar-refractivity contribution is 0.201. The van der Waals surface area contributed by atoms with Crippen LogP contribution in [0, 0.1) is 0 Å². The van der Waals surface area contributed by atoms with Crippen LogP contribution in [-0.4, -0.2) is 39.5 Å². The van der Waals surface area contributed by atoms with E-state index < -0.39 is 8.32 Å². The van der Waals surface area contributed by atoms with E-state index >= 15 is 0 Å². The van der Waals surface area contributed by atoms with Crippen LogP contribution in [0.4, 0.5) is 0 Å². The van der Waals surface area contributed by atoms with E-state index in [1.165, 1.54) is 38.8 Å². The molecule has 0 bridgehead atoms. The van der Waals surface area contributed by atoms with Gasteiger partial charge in [-0.15, -0.1) is 0 Å². The molecule has 0 aromatic rings. The summed E-state index contributed by atoms with van der Waals surface area (Å²) in [6.07, 6.45) is 5.21. The summed E-state index contributed by atoms with van der Waals surface area (Å²) < 4.78 is 5.92. The first-order valence-electron chi connectivity index (χ1n) is 6.86. The molecule has 0 saturated heterocycles. The average Bonchev–Trinajstić information content (AvgIpc) is 2.19. The molecule has 0 atom stereocenters. The second-order valence-corrected chi connectivity index (χ2v) is 10.0. The van der Waals surface area contributed by atoms with Gasteiger partial charge in [0.2, 0.25) is 0 Å². The van der Waals surface area contributed by atoms with Crippen LogP contribution >= 0.6 is 0 Å². The van der Waals surface area contributed by atoms with Crippen LogP contribution in [0.1, 0.15) is 39.5 Å². The molecule has 0 aliphatic carbocycles. The van der Waals surface area contributed by atoms with E-state index in [4.69, 9.17) is 4.43 Å². The third-order valence-electron chi connectivity index (χ3n) is 2.60. The third-order valence-corrected chi connectivity index (χ3v) is 3.67. The lowest BCUT2D eigenvalue weighted by Gasteiger charge is -2.24. The van der Waals surface area contributed by atoms with E-state index in [0.717, 1.165) is 13.2 Å². The average molecular weight is 245 g/mol. The molecule has 0 rings (SSSR count). The van der Waals surface area contributed by atoms with Crippen molar-refractivity contribution >= 4 is 8.32 Å². The molecule has 98 valence electrons. The van der Waals surface area contributed by atoms with Crippen molar-refractivity contribution in [2.24, 2.45) is 0 Å². The van der Waals surface area contributed by atoms with E-state index in [1.807, 2.05) is 0 Å². The zero-order valence-electron chi connectivity index (χ0n) is 12.0. The minimum absolute atomic E-state index is 0.920. The second kappa shape index (κ2) is 9.20. The van der Waals surface area contributed by atoms with Crippen LogP contribution in [0.3, 0.4) is 0 Å². The van der Waals surface area contributed by atoms with Gasteiger partial charge in [0.05, 0.1) is 0 Å².